The quantitative estimate of drug-likeness (QED) is 0.846. The van der Waals surface area contributed by atoms with E-state index in [1.807, 2.05) is 18.2 Å². The number of benzene rings is 1. The minimum atomic E-state index is -0.417. The average Bonchev–Trinajstić information content (AvgIpc) is 2.82. The van der Waals surface area contributed by atoms with Gasteiger partial charge in [-0.2, -0.15) is 0 Å². The highest BCUT2D eigenvalue weighted by molar-refractivity contribution is 5.40. The van der Waals surface area contributed by atoms with Crippen molar-refractivity contribution < 1.29 is 9.13 Å². The standard InChI is InChI=1S/C13H18FNO/c1-16-13-6-2-4-10(9-14)12(13)8-11-5-3-7-15-11/h2,4,6,11,15H,3,5,7-9H2,1H3. The molecule has 0 bridgehead atoms. The van der Waals surface area contributed by atoms with Gasteiger partial charge >= 0.3 is 0 Å². The number of ether oxygens (including phenoxy) is 1. The van der Waals surface area contributed by atoms with E-state index in [9.17, 15) is 4.39 Å². The lowest BCUT2D eigenvalue weighted by molar-refractivity contribution is 0.402. The maximum atomic E-state index is 12.9. The predicted molar refractivity (Wildman–Crippen MR) is 62.5 cm³/mol. The van der Waals surface area contributed by atoms with Gasteiger partial charge in [-0.25, -0.2) is 4.39 Å². The second-order valence-corrected chi connectivity index (χ2v) is 4.23. The van der Waals surface area contributed by atoms with Crippen molar-refractivity contribution in [3.05, 3.63) is 29.3 Å². The zero-order chi connectivity index (χ0) is 11.4. The molecule has 1 aromatic carbocycles. The van der Waals surface area contributed by atoms with E-state index in [-0.39, 0.29) is 0 Å². The van der Waals surface area contributed by atoms with Gasteiger partial charge in [-0.15, -0.1) is 0 Å². The van der Waals surface area contributed by atoms with Crippen molar-refractivity contribution in [2.75, 3.05) is 13.7 Å². The molecule has 2 nitrogen and oxygen atoms in total. The van der Waals surface area contributed by atoms with Gasteiger partial charge in [-0.05, 0) is 37.4 Å². The zero-order valence-corrected chi connectivity index (χ0v) is 9.63. The zero-order valence-electron chi connectivity index (χ0n) is 9.63. The van der Waals surface area contributed by atoms with E-state index in [0.29, 0.717) is 6.04 Å². The first-order chi connectivity index (χ1) is 7.85. The summed E-state index contributed by atoms with van der Waals surface area (Å²) in [7, 11) is 1.64. The van der Waals surface area contributed by atoms with E-state index in [1.54, 1.807) is 7.11 Å². The molecule has 0 aromatic heterocycles. The molecule has 88 valence electrons. The van der Waals surface area contributed by atoms with Gasteiger partial charge in [0, 0.05) is 11.6 Å². The summed E-state index contributed by atoms with van der Waals surface area (Å²) in [6, 6.07) is 6.07. The third-order valence-corrected chi connectivity index (χ3v) is 3.21. The van der Waals surface area contributed by atoms with Crippen LogP contribution in [-0.4, -0.2) is 19.7 Å². The topological polar surface area (TPSA) is 21.3 Å². The molecule has 1 unspecified atom stereocenters. The maximum absolute atomic E-state index is 12.9. The van der Waals surface area contributed by atoms with Crippen LogP contribution in [0.1, 0.15) is 24.0 Å². The van der Waals surface area contributed by atoms with Crippen LogP contribution in [-0.2, 0) is 13.1 Å². The van der Waals surface area contributed by atoms with Crippen LogP contribution >= 0.6 is 0 Å². The highest BCUT2D eigenvalue weighted by Crippen LogP contribution is 2.26. The minimum absolute atomic E-state index is 0.417. The van der Waals surface area contributed by atoms with Crippen molar-refractivity contribution >= 4 is 0 Å². The summed E-state index contributed by atoms with van der Waals surface area (Å²) >= 11 is 0. The number of methoxy groups -OCH3 is 1. The van der Waals surface area contributed by atoms with Crippen molar-refractivity contribution in [1.29, 1.82) is 0 Å². The van der Waals surface area contributed by atoms with Gasteiger partial charge in [0.25, 0.3) is 0 Å². The van der Waals surface area contributed by atoms with E-state index in [0.717, 1.165) is 29.8 Å². The number of rotatable bonds is 4. The molecule has 1 atom stereocenters. The minimum Gasteiger partial charge on any atom is -0.496 e. The Morgan fingerprint density at radius 3 is 3.00 bits per heavy atom. The monoisotopic (exact) mass is 223 g/mol. The molecular formula is C13H18FNO. The highest BCUT2D eigenvalue weighted by atomic mass is 19.1. The molecule has 1 aliphatic heterocycles. The Labute approximate surface area is 95.8 Å². The molecular weight excluding hydrogens is 205 g/mol. The summed E-state index contributed by atoms with van der Waals surface area (Å²) in [5.74, 6) is 0.809. The first-order valence-corrected chi connectivity index (χ1v) is 5.79. The Bertz CT molecular complexity index is 326. The van der Waals surface area contributed by atoms with Crippen LogP contribution in [0.2, 0.25) is 0 Å². The van der Waals surface area contributed by atoms with Crippen LogP contribution in [0.25, 0.3) is 0 Å². The molecule has 0 aliphatic carbocycles. The van der Waals surface area contributed by atoms with Gasteiger partial charge in [0.05, 0.1) is 7.11 Å². The van der Waals surface area contributed by atoms with Crippen LogP contribution in [0.4, 0.5) is 4.39 Å². The predicted octanol–water partition coefficient (Wildman–Crippen LogP) is 2.46. The van der Waals surface area contributed by atoms with E-state index < -0.39 is 6.67 Å². The van der Waals surface area contributed by atoms with Crippen molar-refractivity contribution in [3.63, 3.8) is 0 Å². The summed E-state index contributed by atoms with van der Waals surface area (Å²) < 4.78 is 18.2. The maximum Gasteiger partial charge on any atom is 0.122 e. The fourth-order valence-corrected chi connectivity index (χ4v) is 2.34. The normalized spacial score (nSPS) is 20.0. The van der Waals surface area contributed by atoms with Crippen LogP contribution in [0.5, 0.6) is 5.75 Å². The van der Waals surface area contributed by atoms with Gasteiger partial charge in [0.15, 0.2) is 0 Å². The number of nitrogens with one attached hydrogen (secondary N) is 1. The molecule has 0 spiro atoms. The smallest absolute Gasteiger partial charge is 0.122 e. The van der Waals surface area contributed by atoms with Crippen LogP contribution in [0, 0.1) is 0 Å². The van der Waals surface area contributed by atoms with Crippen molar-refractivity contribution in [1.82, 2.24) is 5.32 Å². The lowest BCUT2D eigenvalue weighted by atomic mass is 9.99. The molecule has 0 radical (unpaired) electrons. The van der Waals surface area contributed by atoms with Gasteiger partial charge in [-0.3, -0.25) is 0 Å². The van der Waals surface area contributed by atoms with Gasteiger partial charge in [0.1, 0.15) is 12.4 Å². The Morgan fingerprint density at radius 2 is 2.38 bits per heavy atom. The Morgan fingerprint density at radius 1 is 1.50 bits per heavy atom. The van der Waals surface area contributed by atoms with E-state index >= 15 is 0 Å². The van der Waals surface area contributed by atoms with Crippen molar-refractivity contribution in [2.24, 2.45) is 0 Å². The molecule has 1 saturated heterocycles. The second kappa shape index (κ2) is 5.30. The van der Waals surface area contributed by atoms with Gasteiger partial charge < -0.3 is 10.1 Å². The molecule has 16 heavy (non-hydrogen) atoms. The molecule has 0 saturated carbocycles. The second-order valence-electron chi connectivity index (χ2n) is 4.23. The van der Waals surface area contributed by atoms with Crippen LogP contribution in [0.15, 0.2) is 18.2 Å². The van der Waals surface area contributed by atoms with Crippen LogP contribution in [0.3, 0.4) is 0 Å². The SMILES string of the molecule is COc1cccc(CF)c1CC1CCCN1. The Balaban J connectivity index is 2.21. The number of halogens is 1. The summed E-state index contributed by atoms with van der Waals surface area (Å²) in [6.45, 7) is 0.657. The van der Waals surface area contributed by atoms with Gasteiger partial charge in [0.2, 0.25) is 0 Å². The molecule has 1 N–H and O–H groups in total. The van der Waals surface area contributed by atoms with E-state index in [4.69, 9.17) is 4.74 Å². The molecule has 1 fully saturated rings. The molecule has 0 amide bonds. The third-order valence-electron chi connectivity index (χ3n) is 3.21. The average molecular weight is 223 g/mol. The molecule has 1 aromatic rings. The Kier molecular flexibility index (Phi) is 3.78. The first kappa shape index (κ1) is 11.4. The molecule has 2 rings (SSSR count). The summed E-state index contributed by atoms with van der Waals surface area (Å²) in [5, 5.41) is 3.43. The first-order valence-electron chi connectivity index (χ1n) is 5.79. The van der Waals surface area contributed by atoms with E-state index in [1.165, 1.54) is 12.8 Å². The largest absolute Gasteiger partial charge is 0.496 e. The lowest BCUT2D eigenvalue weighted by Gasteiger charge is -2.16. The summed E-state index contributed by atoms with van der Waals surface area (Å²) in [5.41, 5.74) is 1.78. The molecule has 1 heterocycles. The summed E-state index contributed by atoms with van der Waals surface area (Å²) in [6.07, 6.45) is 3.25. The lowest BCUT2D eigenvalue weighted by Crippen LogP contribution is -2.24. The van der Waals surface area contributed by atoms with E-state index in [2.05, 4.69) is 5.32 Å². The number of hydrogen-bond acceptors (Lipinski definition) is 2. The molecule has 3 heteroatoms. The number of alkyl halides is 1. The van der Waals surface area contributed by atoms with Crippen molar-refractivity contribution in [2.45, 2.75) is 32.0 Å². The van der Waals surface area contributed by atoms with Crippen LogP contribution < -0.4 is 10.1 Å². The summed E-state index contributed by atoms with van der Waals surface area (Å²) in [4.78, 5) is 0. The fourth-order valence-electron chi connectivity index (χ4n) is 2.34. The third kappa shape index (κ3) is 2.35. The fraction of sp³-hybridized carbons (Fsp3) is 0.538. The highest BCUT2D eigenvalue weighted by Gasteiger charge is 2.18. The van der Waals surface area contributed by atoms with Crippen molar-refractivity contribution in [3.8, 4) is 5.75 Å². The Hall–Kier alpha value is -1.09. The molecule has 1 aliphatic rings. The van der Waals surface area contributed by atoms with Gasteiger partial charge in [-0.1, -0.05) is 12.1 Å². The number of hydrogen-bond donors (Lipinski definition) is 1.